The van der Waals surface area contributed by atoms with Gasteiger partial charge in [-0.15, -0.1) is 0 Å². The van der Waals surface area contributed by atoms with Crippen LogP contribution >= 0.6 is 15.9 Å². The van der Waals surface area contributed by atoms with Crippen molar-refractivity contribution in [2.45, 2.75) is 19.4 Å². The molecule has 0 atom stereocenters. The second-order valence-electron chi connectivity index (χ2n) is 6.65. The highest BCUT2D eigenvalue weighted by Crippen LogP contribution is 2.20. The van der Waals surface area contributed by atoms with Crippen molar-refractivity contribution in [1.82, 2.24) is 15.5 Å². The molecule has 0 spiro atoms. The summed E-state index contributed by atoms with van der Waals surface area (Å²) in [4.78, 5) is 38.4. The number of hydrogen-bond acceptors (Lipinski definition) is 4. The summed E-state index contributed by atoms with van der Waals surface area (Å²) in [5.41, 5.74) is 0.638. The van der Waals surface area contributed by atoms with Crippen LogP contribution in [0.4, 0.5) is 0 Å². The van der Waals surface area contributed by atoms with Gasteiger partial charge in [-0.3, -0.25) is 14.4 Å². The SMILES string of the molecule is O=C(CNC(=O)C1CCN(C(=O)c2ccc(Br)cc2)CC1)NCc1ccco1. The van der Waals surface area contributed by atoms with E-state index in [1.54, 1.807) is 29.2 Å². The number of hydrogen-bond donors (Lipinski definition) is 2. The second-order valence-corrected chi connectivity index (χ2v) is 7.56. The largest absolute Gasteiger partial charge is 0.467 e. The smallest absolute Gasteiger partial charge is 0.253 e. The normalized spacial score (nSPS) is 14.5. The van der Waals surface area contributed by atoms with Crippen LogP contribution in [0.25, 0.3) is 0 Å². The summed E-state index contributed by atoms with van der Waals surface area (Å²) in [6, 6.07) is 10.8. The summed E-state index contributed by atoms with van der Waals surface area (Å²) in [5.74, 6) is 0.0227. The fourth-order valence-corrected chi connectivity index (χ4v) is 3.36. The fourth-order valence-electron chi connectivity index (χ4n) is 3.09. The maximum atomic E-state index is 12.5. The minimum Gasteiger partial charge on any atom is -0.467 e. The molecule has 0 saturated carbocycles. The number of nitrogens with zero attached hydrogens (tertiary/aromatic N) is 1. The van der Waals surface area contributed by atoms with Gasteiger partial charge in [0.15, 0.2) is 0 Å². The van der Waals surface area contributed by atoms with E-state index in [4.69, 9.17) is 4.42 Å². The number of amides is 3. The third-order valence-electron chi connectivity index (χ3n) is 4.71. The van der Waals surface area contributed by atoms with Crippen LogP contribution in [-0.2, 0) is 16.1 Å². The summed E-state index contributed by atoms with van der Waals surface area (Å²) in [7, 11) is 0. The van der Waals surface area contributed by atoms with Crippen molar-refractivity contribution in [1.29, 1.82) is 0 Å². The first-order chi connectivity index (χ1) is 13.5. The molecule has 8 heteroatoms. The van der Waals surface area contributed by atoms with E-state index in [0.717, 1.165) is 4.47 Å². The number of carbonyl (C=O) groups is 3. The third-order valence-corrected chi connectivity index (χ3v) is 5.24. The molecule has 7 nitrogen and oxygen atoms in total. The molecule has 1 saturated heterocycles. The Morgan fingerprint density at radius 1 is 1.07 bits per heavy atom. The van der Waals surface area contributed by atoms with Crippen LogP contribution in [0.1, 0.15) is 29.0 Å². The van der Waals surface area contributed by atoms with Crippen LogP contribution in [0.5, 0.6) is 0 Å². The zero-order chi connectivity index (χ0) is 19.9. The number of likely N-dealkylation sites (tertiary alicyclic amines) is 1. The lowest BCUT2D eigenvalue weighted by Gasteiger charge is -2.31. The van der Waals surface area contributed by atoms with Gasteiger partial charge in [0.25, 0.3) is 5.91 Å². The third kappa shape index (κ3) is 5.45. The lowest BCUT2D eigenvalue weighted by Crippen LogP contribution is -2.45. The molecule has 1 aliphatic heterocycles. The first-order valence-electron chi connectivity index (χ1n) is 9.14. The summed E-state index contributed by atoms with van der Waals surface area (Å²) in [5, 5.41) is 5.36. The molecule has 0 radical (unpaired) electrons. The Morgan fingerprint density at radius 3 is 2.43 bits per heavy atom. The quantitative estimate of drug-likeness (QED) is 0.710. The van der Waals surface area contributed by atoms with Gasteiger partial charge in [-0.25, -0.2) is 0 Å². The number of furan rings is 1. The van der Waals surface area contributed by atoms with Crippen molar-refractivity contribution < 1.29 is 18.8 Å². The predicted molar refractivity (Wildman–Crippen MR) is 106 cm³/mol. The molecule has 0 aliphatic carbocycles. The van der Waals surface area contributed by atoms with E-state index in [2.05, 4.69) is 26.6 Å². The van der Waals surface area contributed by atoms with Crippen molar-refractivity contribution >= 4 is 33.7 Å². The van der Waals surface area contributed by atoms with Gasteiger partial charge < -0.3 is 20.0 Å². The molecule has 2 aromatic rings. The van der Waals surface area contributed by atoms with Crippen LogP contribution in [0.15, 0.2) is 51.6 Å². The van der Waals surface area contributed by atoms with Gasteiger partial charge in [0.1, 0.15) is 5.76 Å². The molecule has 2 heterocycles. The van der Waals surface area contributed by atoms with Gasteiger partial charge in [-0.2, -0.15) is 0 Å². The molecule has 28 heavy (non-hydrogen) atoms. The van der Waals surface area contributed by atoms with Crippen molar-refractivity contribution in [3.63, 3.8) is 0 Å². The zero-order valence-electron chi connectivity index (χ0n) is 15.3. The Morgan fingerprint density at radius 2 is 1.79 bits per heavy atom. The maximum absolute atomic E-state index is 12.5. The molecule has 3 amide bonds. The molecule has 0 bridgehead atoms. The Bertz CT molecular complexity index is 812. The van der Waals surface area contributed by atoms with E-state index < -0.39 is 0 Å². The van der Waals surface area contributed by atoms with Crippen LogP contribution in [0, 0.1) is 5.92 Å². The summed E-state index contributed by atoms with van der Waals surface area (Å²) >= 11 is 3.36. The fraction of sp³-hybridized carbons (Fsp3) is 0.350. The topological polar surface area (TPSA) is 91.7 Å². The Balaban J connectivity index is 1.39. The average molecular weight is 448 g/mol. The van der Waals surface area contributed by atoms with Crippen LogP contribution in [-0.4, -0.2) is 42.3 Å². The first kappa shape index (κ1) is 20.1. The molecular weight excluding hydrogens is 426 g/mol. The Labute approximate surface area is 171 Å². The van der Waals surface area contributed by atoms with Crippen LogP contribution in [0.3, 0.4) is 0 Å². The lowest BCUT2D eigenvalue weighted by molar-refractivity contribution is -0.129. The van der Waals surface area contributed by atoms with Gasteiger partial charge in [0.2, 0.25) is 11.8 Å². The molecule has 1 fully saturated rings. The Kier molecular flexibility index (Phi) is 6.86. The molecule has 148 valence electrons. The standard InChI is InChI=1S/C20H22BrN3O4/c21-16-5-3-15(4-6-16)20(27)24-9-7-14(8-10-24)19(26)23-13-18(25)22-12-17-2-1-11-28-17/h1-6,11,14H,7-10,12-13H2,(H,22,25)(H,23,26). The molecule has 1 aromatic carbocycles. The molecule has 1 aliphatic rings. The number of halogens is 1. The van der Waals surface area contributed by atoms with Crippen molar-refractivity contribution in [3.05, 3.63) is 58.5 Å². The minimum absolute atomic E-state index is 0.0244. The van der Waals surface area contributed by atoms with E-state index in [0.29, 0.717) is 37.3 Å². The molecule has 3 rings (SSSR count). The van der Waals surface area contributed by atoms with Crippen LogP contribution in [0.2, 0.25) is 0 Å². The summed E-state index contributed by atoms with van der Waals surface area (Å²) < 4.78 is 6.06. The average Bonchev–Trinajstić information content (AvgIpc) is 3.24. The van der Waals surface area contributed by atoms with E-state index in [-0.39, 0.29) is 36.7 Å². The van der Waals surface area contributed by atoms with Crippen molar-refractivity contribution in [3.8, 4) is 0 Å². The van der Waals surface area contributed by atoms with Crippen LogP contribution < -0.4 is 10.6 Å². The highest BCUT2D eigenvalue weighted by Gasteiger charge is 2.27. The molecule has 0 unspecified atom stereocenters. The highest BCUT2D eigenvalue weighted by molar-refractivity contribution is 9.10. The summed E-state index contributed by atoms with van der Waals surface area (Å²) in [6.45, 7) is 1.27. The number of carbonyl (C=O) groups excluding carboxylic acids is 3. The van der Waals surface area contributed by atoms with E-state index in [1.807, 2.05) is 12.1 Å². The number of rotatable bonds is 6. The van der Waals surface area contributed by atoms with Crippen molar-refractivity contribution in [2.75, 3.05) is 19.6 Å². The second kappa shape index (κ2) is 9.54. The number of piperidine rings is 1. The maximum Gasteiger partial charge on any atom is 0.253 e. The van der Waals surface area contributed by atoms with E-state index in [1.165, 1.54) is 6.26 Å². The first-order valence-corrected chi connectivity index (χ1v) is 9.94. The van der Waals surface area contributed by atoms with Gasteiger partial charge in [-0.05, 0) is 49.2 Å². The van der Waals surface area contributed by atoms with Gasteiger partial charge in [0, 0.05) is 29.0 Å². The molecule has 2 N–H and O–H groups in total. The van der Waals surface area contributed by atoms with E-state index >= 15 is 0 Å². The van der Waals surface area contributed by atoms with Gasteiger partial charge in [-0.1, -0.05) is 15.9 Å². The number of benzene rings is 1. The predicted octanol–water partition coefficient (Wildman–Crippen LogP) is 2.33. The zero-order valence-corrected chi connectivity index (χ0v) is 16.9. The van der Waals surface area contributed by atoms with Gasteiger partial charge >= 0.3 is 0 Å². The van der Waals surface area contributed by atoms with Gasteiger partial charge in [0.05, 0.1) is 19.4 Å². The summed E-state index contributed by atoms with van der Waals surface area (Å²) in [6.07, 6.45) is 2.71. The highest BCUT2D eigenvalue weighted by atomic mass is 79.9. The Hall–Kier alpha value is -2.61. The number of nitrogens with one attached hydrogen (secondary N) is 2. The molecule has 1 aromatic heterocycles. The minimum atomic E-state index is -0.271. The monoisotopic (exact) mass is 447 g/mol. The lowest BCUT2D eigenvalue weighted by atomic mass is 9.95. The molecular formula is C20H22BrN3O4. The van der Waals surface area contributed by atoms with Crippen molar-refractivity contribution in [2.24, 2.45) is 5.92 Å². The van der Waals surface area contributed by atoms with E-state index in [9.17, 15) is 14.4 Å².